The summed E-state index contributed by atoms with van der Waals surface area (Å²) in [5, 5.41) is 14.2. The molecule has 278 valence electrons. The van der Waals surface area contributed by atoms with Crippen molar-refractivity contribution in [1.29, 1.82) is 0 Å². The number of ether oxygens (including phenoxy) is 2. The van der Waals surface area contributed by atoms with Gasteiger partial charge in [-0.15, -0.1) is 0 Å². The summed E-state index contributed by atoms with van der Waals surface area (Å²) in [4.78, 5) is 49.9. The lowest BCUT2D eigenvalue weighted by Crippen LogP contribution is -2.58. The average Bonchev–Trinajstić information content (AvgIpc) is 3.54. The van der Waals surface area contributed by atoms with Gasteiger partial charge in [0, 0.05) is 44.9 Å². The Morgan fingerprint density at radius 1 is 1.10 bits per heavy atom. The van der Waals surface area contributed by atoms with Crippen LogP contribution in [0.1, 0.15) is 92.3 Å². The highest BCUT2D eigenvalue weighted by Gasteiger charge is 2.45. The zero-order valence-electron chi connectivity index (χ0n) is 30.8. The summed E-state index contributed by atoms with van der Waals surface area (Å²) in [7, 11) is 4.95. The molecule has 2 aromatic carbocycles. The van der Waals surface area contributed by atoms with E-state index in [1.807, 2.05) is 49.4 Å². The van der Waals surface area contributed by atoms with Crippen molar-refractivity contribution in [3.8, 4) is 0 Å². The van der Waals surface area contributed by atoms with Crippen molar-refractivity contribution in [1.82, 2.24) is 35.7 Å². The number of imidazole rings is 1. The molecule has 3 amide bonds. The molecule has 4 aromatic rings. The lowest BCUT2D eigenvalue weighted by Gasteiger charge is -2.36. The molecule has 0 saturated heterocycles. The van der Waals surface area contributed by atoms with Gasteiger partial charge >= 0.3 is 0 Å². The minimum atomic E-state index is -1.13. The van der Waals surface area contributed by atoms with Gasteiger partial charge in [0.15, 0.2) is 0 Å². The van der Waals surface area contributed by atoms with Gasteiger partial charge in [0.1, 0.15) is 17.6 Å². The number of carbonyl (C=O) groups is 3. The number of hydrogen-bond acceptors (Lipinski definition) is 7. The minimum Gasteiger partial charge on any atom is -0.383 e. The number of H-pyrrole nitrogens is 1. The molecule has 2 aliphatic carbocycles. The second kappa shape index (κ2) is 15.4. The maximum Gasteiger partial charge on any atom is 0.270 e. The standard InChI is InChI=1S/C39H50ClN7O5/c1-23(2)31(26-12-7-8-13-27(26)40)33(45-35(48)30-16-19-42-47(30)4)34-43-28-15-14-25(20-29(28)44-34)38(3,22-51-5)37(50)46-32(24-10-9-11-24)36(49)41-21-39(52-6)17-18-39/h7-8,12-16,19-20,23-24,31-33H,9-11,17-18,21-22H2,1-6H3,(H,41,49)(H,43,44)(H,45,48)(H,46,50)/t31-,32+,33-,38?/m0/s1. The van der Waals surface area contributed by atoms with E-state index in [2.05, 4.69) is 39.9 Å². The Hall–Kier alpha value is -4.26. The zero-order valence-corrected chi connectivity index (χ0v) is 31.5. The third-order valence-electron chi connectivity index (χ3n) is 11.1. The number of aryl methyl sites for hydroxylation is 1. The predicted molar refractivity (Wildman–Crippen MR) is 199 cm³/mol. The molecule has 2 aromatic heterocycles. The second-order valence-electron chi connectivity index (χ2n) is 14.9. The smallest absolute Gasteiger partial charge is 0.270 e. The van der Waals surface area contributed by atoms with Crippen LogP contribution in [0.2, 0.25) is 5.02 Å². The Morgan fingerprint density at radius 3 is 2.44 bits per heavy atom. The summed E-state index contributed by atoms with van der Waals surface area (Å²) in [6, 6.07) is 13.7. The van der Waals surface area contributed by atoms with Crippen LogP contribution in [0.5, 0.6) is 0 Å². The molecule has 52 heavy (non-hydrogen) atoms. The van der Waals surface area contributed by atoms with Crippen molar-refractivity contribution in [2.45, 2.75) is 81.9 Å². The largest absolute Gasteiger partial charge is 0.383 e. The SMILES string of the molecule is COCC(C)(C(=O)N[C@@H](C(=O)NCC1(OC)CC1)C1CCC1)c1ccc2nc([C@@H](NC(=O)c3ccnn3C)[C@H](c3ccccc3Cl)C(C)C)[nH]c2c1. The Bertz CT molecular complexity index is 1920. The van der Waals surface area contributed by atoms with E-state index >= 15 is 0 Å². The van der Waals surface area contributed by atoms with E-state index < -0.39 is 17.5 Å². The molecule has 0 aliphatic heterocycles. The molecular weight excluding hydrogens is 682 g/mol. The average molecular weight is 732 g/mol. The summed E-state index contributed by atoms with van der Waals surface area (Å²) in [6.07, 6.45) is 6.17. The minimum absolute atomic E-state index is 0.0549. The van der Waals surface area contributed by atoms with Crippen LogP contribution >= 0.6 is 11.6 Å². The number of rotatable bonds is 16. The van der Waals surface area contributed by atoms with Crippen LogP contribution in [0.4, 0.5) is 0 Å². The number of methoxy groups -OCH3 is 2. The van der Waals surface area contributed by atoms with Crippen molar-refractivity contribution in [3.05, 3.63) is 82.4 Å². The number of halogens is 1. The number of nitrogens with one attached hydrogen (secondary N) is 4. The number of nitrogens with zero attached hydrogens (tertiary/aromatic N) is 3. The number of aromatic amines is 1. The Morgan fingerprint density at radius 2 is 1.85 bits per heavy atom. The molecule has 0 spiro atoms. The van der Waals surface area contributed by atoms with Gasteiger partial charge in [-0.05, 0) is 79.8 Å². The van der Waals surface area contributed by atoms with Crippen molar-refractivity contribution in [2.75, 3.05) is 27.4 Å². The molecule has 0 bridgehead atoms. The fourth-order valence-corrected chi connectivity index (χ4v) is 7.58. The first-order chi connectivity index (χ1) is 24.9. The molecule has 2 saturated carbocycles. The van der Waals surface area contributed by atoms with Gasteiger partial charge in [0.05, 0.1) is 34.7 Å². The molecule has 2 heterocycles. The van der Waals surface area contributed by atoms with Gasteiger partial charge in [-0.2, -0.15) is 5.10 Å². The number of aromatic nitrogens is 4. The van der Waals surface area contributed by atoms with Crippen LogP contribution < -0.4 is 16.0 Å². The molecule has 2 aliphatic rings. The summed E-state index contributed by atoms with van der Waals surface area (Å²) in [5.41, 5.74) is 1.92. The molecule has 6 rings (SSSR count). The molecule has 0 radical (unpaired) electrons. The van der Waals surface area contributed by atoms with E-state index in [0.717, 1.165) is 37.7 Å². The van der Waals surface area contributed by atoms with E-state index in [1.165, 1.54) is 4.68 Å². The molecule has 4 N–H and O–H groups in total. The van der Waals surface area contributed by atoms with Crippen LogP contribution in [-0.2, 0) is 31.5 Å². The Balaban J connectivity index is 1.32. The normalized spacial score (nSPS) is 18.2. The molecule has 1 unspecified atom stereocenters. The summed E-state index contributed by atoms with van der Waals surface area (Å²) in [5.74, 6) is -0.363. The summed E-state index contributed by atoms with van der Waals surface area (Å²) in [6.45, 7) is 6.51. The van der Waals surface area contributed by atoms with Gasteiger partial charge in [0.2, 0.25) is 11.8 Å². The lowest BCUT2D eigenvalue weighted by atomic mass is 9.77. The Kier molecular flexibility index (Phi) is 11.1. The topological polar surface area (TPSA) is 152 Å². The fourth-order valence-electron chi connectivity index (χ4n) is 7.32. The third-order valence-corrected chi connectivity index (χ3v) is 11.4. The van der Waals surface area contributed by atoms with Crippen molar-refractivity contribution in [3.63, 3.8) is 0 Å². The van der Waals surface area contributed by atoms with Crippen molar-refractivity contribution >= 4 is 40.4 Å². The van der Waals surface area contributed by atoms with E-state index in [1.54, 1.807) is 33.5 Å². The highest BCUT2D eigenvalue weighted by Crippen LogP contribution is 2.41. The molecule has 12 nitrogen and oxygen atoms in total. The zero-order chi connectivity index (χ0) is 37.2. The fraction of sp³-hybridized carbons (Fsp3) is 0.513. The first kappa shape index (κ1) is 37.5. The van der Waals surface area contributed by atoms with Crippen LogP contribution in [-0.4, -0.2) is 76.5 Å². The number of fused-ring (bicyclic) bond motifs is 1. The molecular formula is C39H50ClN7O5. The maximum atomic E-state index is 14.3. The van der Waals surface area contributed by atoms with E-state index in [-0.39, 0.29) is 47.7 Å². The van der Waals surface area contributed by atoms with Crippen LogP contribution in [0.25, 0.3) is 11.0 Å². The lowest BCUT2D eigenvalue weighted by molar-refractivity contribution is -0.135. The first-order valence-electron chi connectivity index (χ1n) is 18.1. The first-order valence-corrected chi connectivity index (χ1v) is 18.4. The second-order valence-corrected chi connectivity index (χ2v) is 15.4. The van der Waals surface area contributed by atoms with Crippen LogP contribution in [0, 0.1) is 11.8 Å². The van der Waals surface area contributed by atoms with Gasteiger partial charge in [0.25, 0.3) is 5.91 Å². The van der Waals surface area contributed by atoms with Gasteiger partial charge in [-0.25, -0.2) is 4.98 Å². The highest BCUT2D eigenvalue weighted by molar-refractivity contribution is 6.31. The van der Waals surface area contributed by atoms with E-state index in [0.29, 0.717) is 39.7 Å². The molecule has 13 heteroatoms. The Labute approximate surface area is 309 Å². The number of amides is 3. The van der Waals surface area contributed by atoms with Gasteiger partial charge in [-0.3, -0.25) is 19.1 Å². The quantitative estimate of drug-likeness (QED) is 0.121. The van der Waals surface area contributed by atoms with Crippen LogP contribution in [0.15, 0.2) is 54.7 Å². The van der Waals surface area contributed by atoms with E-state index in [9.17, 15) is 14.4 Å². The van der Waals surface area contributed by atoms with Gasteiger partial charge in [-0.1, -0.05) is 56.1 Å². The van der Waals surface area contributed by atoms with Crippen molar-refractivity contribution in [2.24, 2.45) is 18.9 Å². The number of carbonyl (C=O) groups excluding carboxylic acids is 3. The van der Waals surface area contributed by atoms with E-state index in [4.69, 9.17) is 26.1 Å². The van der Waals surface area contributed by atoms with Crippen molar-refractivity contribution < 1.29 is 23.9 Å². The number of hydrogen-bond donors (Lipinski definition) is 4. The number of benzene rings is 2. The monoisotopic (exact) mass is 731 g/mol. The molecule has 4 atom stereocenters. The maximum absolute atomic E-state index is 14.3. The predicted octanol–water partition coefficient (Wildman–Crippen LogP) is 5.34. The summed E-state index contributed by atoms with van der Waals surface area (Å²) < 4.78 is 12.8. The summed E-state index contributed by atoms with van der Waals surface area (Å²) >= 11 is 6.76. The highest BCUT2D eigenvalue weighted by atomic mass is 35.5. The molecule has 2 fully saturated rings. The third kappa shape index (κ3) is 7.60. The van der Waals surface area contributed by atoms with Gasteiger partial charge < -0.3 is 30.4 Å². The van der Waals surface area contributed by atoms with Crippen LogP contribution in [0.3, 0.4) is 0 Å².